The number of halogens is 1. The lowest BCUT2D eigenvalue weighted by molar-refractivity contribution is -0.385. The lowest BCUT2D eigenvalue weighted by Crippen LogP contribution is -2.41. The molecule has 3 rings (SSSR count). The van der Waals surface area contributed by atoms with Crippen molar-refractivity contribution in [2.45, 2.75) is 17.7 Å². The Balaban J connectivity index is 1.73. The van der Waals surface area contributed by atoms with E-state index in [1.807, 2.05) is 0 Å². The largest absolute Gasteiger partial charge is 0.283 e. The van der Waals surface area contributed by atoms with Gasteiger partial charge >= 0.3 is 0 Å². The van der Waals surface area contributed by atoms with Gasteiger partial charge in [0, 0.05) is 29.7 Å². The first kappa shape index (κ1) is 21.7. The van der Waals surface area contributed by atoms with Crippen molar-refractivity contribution in [2.24, 2.45) is 0 Å². The zero-order valence-corrected chi connectivity index (χ0v) is 17.1. The van der Waals surface area contributed by atoms with Crippen LogP contribution in [0.1, 0.15) is 33.6 Å². The van der Waals surface area contributed by atoms with Gasteiger partial charge in [-0.05, 0) is 43.2 Å². The molecule has 2 aromatic carbocycles. The maximum Gasteiger partial charge on any atom is 0.283 e. The van der Waals surface area contributed by atoms with Crippen LogP contribution in [0, 0.1) is 10.1 Å². The first-order chi connectivity index (χ1) is 14.2. The number of nitro benzene ring substituents is 1. The van der Waals surface area contributed by atoms with Crippen molar-refractivity contribution < 1.29 is 22.9 Å². The summed E-state index contributed by atoms with van der Waals surface area (Å²) < 4.78 is 26.6. The average molecular weight is 453 g/mol. The van der Waals surface area contributed by atoms with E-state index < -0.39 is 32.4 Å². The van der Waals surface area contributed by atoms with Gasteiger partial charge in [0.2, 0.25) is 10.0 Å². The molecule has 0 radical (unpaired) electrons. The van der Waals surface area contributed by atoms with E-state index >= 15 is 0 Å². The molecular formula is C18H17ClN4O6S. The third-order valence-electron chi connectivity index (χ3n) is 4.49. The molecule has 1 heterocycles. The highest BCUT2D eigenvalue weighted by Gasteiger charge is 2.28. The predicted octanol–water partition coefficient (Wildman–Crippen LogP) is 2.11. The molecule has 2 aromatic rings. The molecule has 10 nitrogen and oxygen atoms in total. The molecule has 12 heteroatoms. The number of amides is 2. The molecule has 158 valence electrons. The van der Waals surface area contributed by atoms with Crippen LogP contribution in [-0.4, -0.2) is 42.6 Å². The third kappa shape index (κ3) is 4.58. The zero-order chi connectivity index (χ0) is 21.9. The van der Waals surface area contributed by atoms with Gasteiger partial charge in [-0.3, -0.25) is 30.6 Å². The van der Waals surface area contributed by atoms with E-state index in [1.165, 1.54) is 34.6 Å². The van der Waals surface area contributed by atoms with Crippen LogP contribution in [0.2, 0.25) is 5.02 Å². The van der Waals surface area contributed by atoms with Gasteiger partial charge in [-0.25, -0.2) is 8.42 Å². The molecule has 0 saturated carbocycles. The minimum Gasteiger partial charge on any atom is -0.267 e. The van der Waals surface area contributed by atoms with Crippen LogP contribution in [0.15, 0.2) is 47.4 Å². The van der Waals surface area contributed by atoms with Crippen molar-refractivity contribution in [1.82, 2.24) is 15.2 Å². The number of benzene rings is 2. The fourth-order valence-electron chi connectivity index (χ4n) is 2.98. The van der Waals surface area contributed by atoms with Gasteiger partial charge in [0.15, 0.2) is 0 Å². The van der Waals surface area contributed by atoms with Crippen LogP contribution >= 0.6 is 11.6 Å². The Labute approximate surface area is 177 Å². The van der Waals surface area contributed by atoms with Gasteiger partial charge in [0.1, 0.15) is 5.56 Å². The van der Waals surface area contributed by atoms with Gasteiger partial charge in [-0.2, -0.15) is 4.31 Å². The summed E-state index contributed by atoms with van der Waals surface area (Å²) in [4.78, 5) is 34.9. The van der Waals surface area contributed by atoms with Crippen molar-refractivity contribution in [3.05, 3.63) is 68.7 Å². The Kier molecular flexibility index (Phi) is 6.34. The molecule has 2 N–H and O–H groups in total. The van der Waals surface area contributed by atoms with E-state index in [-0.39, 0.29) is 21.0 Å². The fourth-order valence-corrected chi connectivity index (χ4v) is 4.71. The number of hydrogen-bond acceptors (Lipinski definition) is 6. The van der Waals surface area contributed by atoms with Crippen molar-refractivity contribution in [3.8, 4) is 0 Å². The van der Waals surface area contributed by atoms with E-state index in [1.54, 1.807) is 0 Å². The van der Waals surface area contributed by atoms with Crippen molar-refractivity contribution in [3.63, 3.8) is 0 Å². The topological polar surface area (TPSA) is 139 Å². The Bertz CT molecular complexity index is 1120. The average Bonchev–Trinajstić information content (AvgIpc) is 3.27. The van der Waals surface area contributed by atoms with Gasteiger partial charge in [-0.1, -0.05) is 17.7 Å². The zero-order valence-electron chi connectivity index (χ0n) is 15.5. The Morgan fingerprint density at radius 2 is 1.70 bits per heavy atom. The van der Waals surface area contributed by atoms with Crippen LogP contribution in [0.25, 0.3) is 0 Å². The molecule has 1 saturated heterocycles. The van der Waals surface area contributed by atoms with Crippen LogP contribution in [0.3, 0.4) is 0 Å². The first-order valence-electron chi connectivity index (χ1n) is 8.85. The number of carbonyl (C=O) groups is 2. The van der Waals surface area contributed by atoms with E-state index in [0.717, 1.165) is 25.0 Å². The number of nitrogens with zero attached hydrogens (tertiary/aromatic N) is 2. The molecule has 0 spiro atoms. The van der Waals surface area contributed by atoms with Gasteiger partial charge in [0.05, 0.1) is 9.82 Å². The number of rotatable bonds is 5. The number of sulfonamides is 1. The molecule has 1 fully saturated rings. The summed E-state index contributed by atoms with van der Waals surface area (Å²) in [7, 11) is -3.71. The molecule has 30 heavy (non-hydrogen) atoms. The standard InChI is InChI=1S/C18H17ClN4O6S/c19-13-6-7-15(16(11-13)23(26)27)18(25)21-20-17(24)12-4-3-5-14(10-12)30(28,29)22-8-1-2-9-22/h3-7,10-11H,1-2,8-9H2,(H,20,24)(H,21,25). The third-order valence-corrected chi connectivity index (χ3v) is 6.62. The van der Waals surface area contributed by atoms with E-state index in [4.69, 9.17) is 11.6 Å². The molecule has 0 unspecified atom stereocenters. The molecule has 0 bridgehead atoms. The van der Waals surface area contributed by atoms with E-state index in [0.29, 0.717) is 13.1 Å². The maximum atomic E-state index is 12.6. The molecule has 2 amide bonds. The highest BCUT2D eigenvalue weighted by Crippen LogP contribution is 2.23. The molecule has 0 aliphatic carbocycles. The fraction of sp³-hybridized carbons (Fsp3) is 0.222. The summed E-state index contributed by atoms with van der Waals surface area (Å²) in [6.45, 7) is 0.851. The summed E-state index contributed by atoms with van der Waals surface area (Å²) in [6.07, 6.45) is 1.56. The SMILES string of the molecule is O=C(NNC(=O)c1ccc(Cl)cc1[N+](=O)[O-])c1cccc(S(=O)(=O)N2CCCC2)c1. The minimum atomic E-state index is -3.71. The second-order valence-corrected chi connectivity index (χ2v) is 8.84. The van der Waals surface area contributed by atoms with Crippen molar-refractivity contribution in [2.75, 3.05) is 13.1 Å². The molecule has 1 aliphatic heterocycles. The van der Waals surface area contributed by atoms with Gasteiger partial charge in [-0.15, -0.1) is 0 Å². The minimum absolute atomic E-state index is 0.00109. The number of nitrogens with one attached hydrogen (secondary N) is 2. The monoisotopic (exact) mass is 452 g/mol. The summed E-state index contributed by atoms with van der Waals surface area (Å²) >= 11 is 5.71. The quantitative estimate of drug-likeness (QED) is 0.526. The number of hydrogen-bond donors (Lipinski definition) is 2. The number of carbonyl (C=O) groups excluding carboxylic acids is 2. The summed E-state index contributed by atoms with van der Waals surface area (Å²) in [5, 5.41) is 11.2. The Hall–Kier alpha value is -3.02. The number of hydrazine groups is 1. The summed E-state index contributed by atoms with van der Waals surface area (Å²) in [5.74, 6) is -1.70. The molecule has 0 aromatic heterocycles. The first-order valence-corrected chi connectivity index (χ1v) is 10.7. The summed E-state index contributed by atoms with van der Waals surface area (Å²) in [5.41, 5.74) is 3.39. The van der Waals surface area contributed by atoms with E-state index in [2.05, 4.69) is 10.9 Å². The van der Waals surface area contributed by atoms with Crippen LogP contribution in [-0.2, 0) is 10.0 Å². The summed E-state index contributed by atoms with van der Waals surface area (Å²) in [6, 6.07) is 8.88. The van der Waals surface area contributed by atoms with Crippen molar-refractivity contribution in [1.29, 1.82) is 0 Å². The van der Waals surface area contributed by atoms with E-state index in [9.17, 15) is 28.1 Å². The van der Waals surface area contributed by atoms with Crippen LogP contribution in [0.5, 0.6) is 0 Å². The Morgan fingerprint density at radius 3 is 2.37 bits per heavy atom. The van der Waals surface area contributed by atoms with Gasteiger partial charge in [0.25, 0.3) is 17.5 Å². The highest BCUT2D eigenvalue weighted by atomic mass is 35.5. The normalized spacial score (nSPS) is 14.3. The smallest absolute Gasteiger partial charge is 0.267 e. The molecular weight excluding hydrogens is 436 g/mol. The van der Waals surface area contributed by atoms with Crippen LogP contribution in [0.4, 0.5) is 5.69 Å². The lowest BCUT2D eigenvalue weighted by atomic mass is 10.1. The number of nitro groups is 1. The van der Waals surface area contributed by atoms with Crippen molar-refractivity contribution >= 4 is 39.1 Å². The second-order valence-electron chi connectivity index (χ2n) is 6.47. The molecule has 0 atom stereocenters. The maximum absolute atomic E-state index is 12.6. The van der Waals surface area contributed by atoms with Gasteiger partial charge < -0.3 is 0 Å². The Morgan fingerprint density at radius 1 is 1.03 bits per heavy atom. The predicted molar refractivity (Wildman–Crippen MR) is 107 cm³/mol. The van der Waals surface area contributed by atoms with Crippen LogP contribution < -0.4 is 10.9 Å². The lowest BCUT2D eigenvalue weighted by Gasteiger charge is -2.16. The highest BCUT2D eigenvalue weighted by molar-refractivity contribution is 7.89. The molecule has 1 aliphatic rings. The second kappa shape index (κ2) is 8.78.